The van der Waals surface area contributed by atoms with Crippen molar-refractivity contribution in [2.45, 2.75) is 13.0 Å². The fraction of sp³-hybridized carbons (Fsp3) is 0.500. The van der Waals surface area contributed by atoms with Gasteiger partial charge in [-0.15, -0.1) is 0 Å². The minimum absolute atomic E-state index is 0.668. The van der Waals surface area contributed by atoms with Gasteiger partial charge in [0.2, 0.25) is 0 Å². The van der Waals surface area contributed by atoms with Crippen molar-refractivity contribution in [3.63, 3.8) is 0 Å². The van der Waals surface area contributed by atoms with Gasteiger partial charge in [0.15, 0.2) is 0 Å². The van der Waals surface area contributed by atoms with Crippen LogP contribution >= 0.6 is 0 Å². The third kappa shape index (κ3) is 4.32. The van der Waals surface area contributed by atoms with E-state index in [0.717, 1.165) is 13.0 Å². The maximum Gasteiger partial charge on any atom is 0.0717 e. The predicted octanol–water partition coefficient (Wildman–Crippen LogP) is 1.62. The third-order valence-electron chi connectivity index (χ3n) is 2.19. The van der Waals surface area contributed by atoms with E-state index in [1.807, 2.05) is 14.1 Å². The molecule has 0 spiro atoms. The number of hydrogen-bond donors (Lipinski definition) is 1. The molecule has 84 valence electrons. The zero-order chi connectivity index (χ0) is 11.1. The van der Waals surface area contributed by atoms with Gasteiger partial charge in [-0.05, 0) is 30.7 Å². The van der Waals surface area contributed by atoms with Gasteiger partial charge < -0.3 is 15.4 Å². The number of nitrogens with two attached hydrogens (primary N) is 1. The molecule has 1 aromatic rings. The summed E-state index contributed by atoms with van der Waals surface area (Å²) in [6.07, 6.45) is 0.924. The van der Waals surface area contributed by atoms with Crippen molar-refractivity contribution in [1.29, 1.82) is 0 Å². The predicted molar refractivity (Wildman–Crippen MR) is 64.1 cm³/mol. The number of hydrogen-bond acceptors (Lipinski definition) is 3. The fourth-order valence-corrected chi connectivity index (χ4v) is 1.30. The van der Waals surface area contributed by atoms with Gasteiger partial charge in [-0.3, -0.25) is 0 Å². The van der Waals surface area contributed by atoms with E-state index >= 15 is 0 Å². The summed E-state index contributed by atoms with van der Waals surface area (Å²) in [7, 11) is 4.07. The largest absolute Gasteiger partial charge is 0.378 e. The minimum Gasteiger partial charge on any atom is -0.378 e. The quantitative estimate of drug-likeness (QED) is 0.722. The Morgan fingerprint density at radius 3 is 2.80 bits per heavy atom. The zero-order valence-electron chi connectivity index (χ0n) is 9.57. The van der Waals surface area contributed by atoms with Gasteiger partial charge in [-0.1, -0.05) is 12.1 Å². The molecule has 0 aromatic heterocycles. The smallest absolute Gasteiger partial charge is 0.0717 e. The van der Waals surface area contributed by atoms with Crippen LogP contribution < -0.4 is 10.6 Å². The van der Waals surface area contributed by atoms with Crippen LogP contribution in [-0.4, -0.2) is 27.2 Å². The van der Waals surface area contributed by atoms with Gasteiger partial charge in [0.25, 0.3) is 0 Å². The monoisotopic (exact) mass is 208 g/mol. The summed E-state index contributed by atoms with van der Waals surface area (Å²) in [5.74, 6) is 0. The van der Waals surface area contributed by atoms with Crippen LogP contribution in [0.15, 0.2) is 24.3 Å². The molecule has 3 nitrogen and oxygen atoms in total. The lowest BCUT2D eigenvalue weighted by Gasteiger charge is -2.13. The van der Waals surface area contributed by atoms with Crippen LogP contribution in [0.1, 0.15) is 12.0 Å². The normalized spacial score (nSPS) is 10.3. The average Bonchev–Trinajstić information content (AvgIpc) is 2.25. The van der Waals surface area contributed by atoms with Crippen molar-refractivity contribution in [3.8, 4) is 0 Å². The Balaban J connectivity index is 2.43. The van der Waals surface area contributed by atoms with Crippen molar-refractivity contribution in [2.24, 2.45) is 5.73 Å². The van der Waals surface area contributed by atoms with Crippen molar-refractivity contribution < 1.29 is 4.74 Å². The van der Waals surface area contributed by atoms with E-state index in [4.69, 9.17) is 10.5 Å². The summed E-state index contributed by atoms with van der Waals surface area (Å²) in [5, 5.41) is 0. The topological polar surface area (TPSA) is 38.5 Å². The third-order valence-corrected chi connectivity index (χ3v) is 2.19. The molecule has 2 N–H and O–H groups in total. The summed E-state index contributed by atoms with van der Waals surface area (Å²) in [5.41, 5.74) is 7.80. The summed E-state index contributed by atoms with van der Waals surface area (Å²) in [6, 6.07) is 8.36. The molecule has 0 saturated heterocycles. The number of anilines is 1. The Labute approximate surface area is 91.8 Å². The molecule has 15 heavy (non-hydrogen) atoms. The lowest BCUT2D eigenvalue weighted by atomic mass is 10.2. The summed E-state index contributed by atoms with van der Waals surface area (Å²) in [6.45, 7) is 2.10. The molecule has 0 aliphatic heterocycles. The Kier molecular flexibility index (Phi) is 5.15. The van der Waals surface area contributed by atoms with Gasteiger partial charge >= 0.3 is 0 Å². The Morgan fingerprint density at radius 1 is 1.33 bits per heavy atom. The first-order valence-electron chi connectivity index (χ1n) is 5.28. The Bertz CT molecular complexity index is 287. The standard InChI is InChI=1S/C12H20N2O/c1-14(2)12-6-3-5-11(9-12)10-15-8-4-7-13/h3,5-6,9H,4,7-8,10,13H2,1-2H3. The lowest BCUT2D eigenvalue weighted by Crippen LogP contribution is -2.09. The van der Waals surface area contributed by atoms with E-state index in [1.165, 1.54) is 11.3 Å². The first-order chi connectivity index (χ1) is 7.24. The average molecular weight is 208 g/mol. The van der Waals surface area contributed by atoms with E-state index in [-0.39, 0.29) is 0 Å². The molecule has 0 fully saturated rings. The zero-order valence-corrected chi connectivity index (χ0v) is 9.57. The van der Waals surface area contributed by atoms with E-state index in [9.17, 15) is 0 Å². The second-order valence-electron chi connectivity index (χ2n) is 3.76. The van der Waals surface area contributed by atoms with Crippen molar-refractivity contribution >= 4 is 5.69 Å². The first-order valence-corrected chi connectivity index (χ1v) is 5.28. The molecule has 1 aromatic carbocycles. The first kappa shape index (κ1) is 12.0. The molecule has 0 aliphatic carbocycles. The maximum atomic E-state index is 5.50. The maximum absolute atomic E-state index is 5.50. The number of nitrogens with zero attached hydrogens (tertiary/aromatic N) is 1. The van der Waals surface area contributed by atoms with E-state index in [0.29, 0.717) is 13.2 Å². The molecule has 0 bridgehead atoms. The highest BCUT2D eigenvalue weighted by Crippen LogP contribution is 2.13. The van der Waals surface area contributed by atoms with Gasteiger partial charge in [0.1, 0.15) is 0 Å². The van der Waals surface area contributed by atoms with Crippen LogP contribution in [0.4, 0.5) is 5.69 Å². The molecule has 0 amide bonds. The molecule has 0 heterocycles. The van der Waals surface area contributed by atoms with E-state index in [1.54, 1.807) is 0 Å². The van der Waals surface area contributed by atoms with Crippen LogP contribution in [0.25, 0.3) is 0 Å². The lowest BCUT2D eigenvalue weighted by molar-refractivity contribution is 0.120. The second-order valence-corrected chi connectivity index (χ2v) is 3.76. The van der Waals surface area contributed by atoms with Gasteiger partial charge in [0, 0.05) is 26.4 Å². The van der Waals surface area contributed by atoms with Gasteiger partial charge in [-0.25, -0.2) is 0 Å². The molecule has 0 radical (unpaired) electrons. The number of benzene rings is 1. The van der Waals surface area contributed by atoms with Crippen molar-refractivity contribution in [1.82, 2.24) is 0 Å². The van der Waals surface area contributed by atoms with Crippen molar-refractivity contribution in [2.75, 3.05) is 32.1 Å². The molecular formula is C12H20N2O. The highest BCUT2D eigenvalue weighted by molar-refractivity contribution is 5.46. The SMILES string of the molecule is CN(C)c1cccc(COCCCN)c1. The van der Waals surface area contributed by atoms with Crippen LogP contribution in [0, 0.1) is 0 Å². The molecule has 0 aliphatic rings. The fourth-order valence-electron chi connectivity index (χ4n) is 1.30. The Hall–Kier alpha value is -1.06. The minimum atomic E-state index is 0.668. The summed E-state index contributed by atoms with van der Waals surface area (Å²) < 4.78 is 5.50. The molecule has 1 rings (SSSR count). The summed E-state index contributed by atoms with van der Waals surface area (Å²) >= 11 is 0. The van der Waals surface area contributed by atoms with Crippen LogP contribution in [-0.2, 0) is 11.3 Å². The van der Waals surface area contributed by atoms with E-state index < -0.39 is 0 Å². The molecular weight excluding hydrogens is 188 g/mol. The molecule has 0 unspecified atom stereocenters. The van der Waals surface area contributed by atoms with Crippen molar-refractivity contribution in [3.05, 3.63) is 29.8 Å². The van der Waals surface area contributed by atoms with Crippen LogP contribution in [0.5, 0.6) is 0 Å². The second kappa shape index (κ2) is 6.43. The molecule has 0 saturated carbocycles. The van der Waals surface area contributed by atoms with Gasteiger partial charge in [0.05, 0.1) is 6.61 Å². The molecule has 3 heteroatoms. The van der Waals surface area contributed by atoms with Crippen LogP contribution in [0.3, 0.4) is 0 Å². The highest BCUT2D eigenvalue weighted by Gasteiger charge is 1.97. The van der Waals surface area contributed by atoms with Gasteiger partial charge in [-0.2, -0.15) is 0 Å². The number of ether oxygens (including phenoxy) is 1. The molecule has 0 atom stereocenters. The summed E-state index contributed by atoms with van der Waals surface area (Å²) in [4.78, 5) is 2.09. The number of rotatable bonds is 6. The Morgan fingerprint density at radius 2 is 2.13 bits per heavy atom. The highest BCUT2D eigenvalue weighted by atomic mass is 16.5. The van der Waals surface area contributed by atoms with Crippen LogP contribution in [0.2, 0.25) is 0 Å². The van der Waals surface area contributed by atoms with E-state index in [2.05, 4.69) is 29.2 Å².